The highest BCUT2D eigenvalue weighted by molar-refractivity contribution is 6.32. The van der Waals surface area contributed by atoms with E-state index in [1.54, 1.807) is 30.5 Å². The number of ether oxygens (including phenoxy) is 1. The van der Waals surface area contributed by atoms with Crippen molar-refractivity contribution in [2.24, 2.45) is 0 Å². The topological polar surface area (TPSA) is 81.1 Å². The Morgan fingerprint density at radius 1 is 1.18 bits per heavy atom. The van der Waals surface area contributed by atoms with Crippen LogP contribution in [-0.2, 0) is 0 Å². The van der Waals surface area contributed by atoms with Crippen molar-refractivity contribution in [3.8, 4) is 11.6 Å². The minimum Gasteiger partial charge on any atom is -0.437 e. The molecule has 1 aliphatic heterocycles. The SMILES string of the molecule is O=C(Nc1cnn(C2CCNCC2)c1)c1ccc(Oc2ccccc2Cl)nc1. The van der Waals surface area contributed by atoms with Gasteiger partial charge in [-0.05, 0) is 44.1 Å². The van der Waals surface area contributed by atoms with Crippen LogP contribution in [0.1, 0.15) is 29.2 Å². The molecule has 144 valence electrons. The molecule has 4 rings (SSSR count). The number of nitrogens with zero attached hydrogens (tertiary/aromatic N) is 3. The number of aromatic nitrogens is 3. The largest absolute Gasteiger partial charge is 0.437 e. The van der Waals surface area contributed by atoms with Crippen molar-refractivity contribution in [2.75, 3.05) is 18.4 Å². The zero-order valence-electron chi connectivity index (χ0n) is 15.1. The van der Waals surface area contributed by atoms with E-state index < -0.39 is 0 Å². The quantitative estimate of drug-likeness (QED) is 0.682. The van der Waals surface area contributed by atoms with Gasteiger partial charge in [-0.15, -0.1) is 0 Å². The summed E-state index contributed by atoms with van der Waals surface area (Å²) in [5.41, 5.74) is 1.10. The average molecular weight is 398 g/mol. The lowest BCUT2D eigenvalue weighted by molar-refractivity contribution is 0.102. The number of pyridine rings is 1. The van der Waals surface area contributed by atoms with E-state index in [1.807, 2.05) is 23.0 Å². The van der Waals surface area contributed by atoms with Crippen molar-refractivity contribution in [1.82, 2.24) is 20.1 Å². The number of hydrogen-bond donors (Lipinski definition) is 2. The fourth-order valence-corrected chi connectivity index (χ4v) is 3.27. The smallest absolute Gasteiger partial charge is 0.257 e. The van der Waals surface area contributed by atoms with Crippen molar-refractivity contribution in [3.63, 3.8) is 0 Å². The zero-order valence-corrected chi connectivity index (χ0v) is 15.9. The molecule has 1 aliphatic rings. The Hall–Kier alpha value is -2.90. The lowest BCUT2D eigenvalue weighted by Crippen LogP contribution is -2.29. The lowest BCUT2D eigenvalue weighted by Gasteiger charge is -2.22. The number of para-hydroxylation sites is 1. The van der Waals surface area contributed by atoms with Crippen molar-refractivity contribution in [2.45, 2.75) is 18.9 Å². The molecule has 1 fully saturated rings. The normalized spacial score (nSPS) is 14.6. The van der Waals surface area contributed by atoms with Crippen molar-refractivity contribution >= 4 is 23.2 Å². The summed E-state index contributed by atoms with van der Waals surface area (Å²) in [4.78, 5) is 16.7. The summed E-state index contributed by atoms with van der Waals surface area (Å²) < 4.78 is 7.57. The molecular formula is C20H20ClN5O2. The summed E-state index contributed by atoms with van der Waals surface area (Å²) in [6, 6.07) is 10.8. The maximum absolute atomic E-state index is 12.5. The summed E-state index contributed by atoms with van der Waals surface area (Å²) in [5, 5.41) is 11.1. The number of halogens is 1. The molecule has 8 heteroatoms. The van der Waals surface area contributed by atoms with Gasteiger partial charge in [0.25, 0.3) is 5.91 Å². The Bertz CT molecular complexity index is 951. The maximum atomic E-state index is 12.5. The van der Waals surface area contributed by atoms with Gasteiger partial charge >= 0.3 is 0 Å². The second-order valence-electron chi connectivity index (χ2n) is 6.56. The second kappa shape index (κ2) is 8.41. The van der Waals surface area contributed by atoms with E-state index in [0.717, 1.165) is 25.9 Å². The van der Waals surface area contributed by atoms with Gasteiger partial charge in [0.2, 0.25) is 5.88 Å². The molecule has 0 spiro atoms. The predicted octanol–water partition coefficient (Wildman–Crippen LogP) is 3.90. The van der Waals surface area contributed by atoms with E-state index >= 15 is 0 Å². The number of nitrogens with one attached hydrogen (secondary N) is 2. The summed E-state index contributed by atoms with van der Waals surface area (Å²) in [7, 11) is 0. The Kier molecular flexibility index (Phi) is 5.55. The molecule has 0 saturated carbocycles. The third-order valence-electron chi connectivity index (χ3n) is 4.59. The fourth-order valence-electron chi connectivity index (χ4n) is 3.09. The van der Waals surface area contributed by atoms with Gasteiger partial charge in [-0.3, -0.25) is 9.48 Å². The molecule has 3 aromatic rings. The average Bonchev–Trinajstić information content (AvgIpc) is 3.19. The van der Waals surface area contributed by atoms with Crippen LogP contribution in [0.2, 0.25) is 5.02 Å². The van der Waals surface area contributed by atoms with Crippen LogP contribution in [0.5, 0.6) is 11.6 Å². The molecule has 0 bridgehead atoms. The zero-order chi connectivity index (χ0) is 19.3. The maximum Gasteiger partial charge on any atom is 0.257 e. The van der Waals surface area contributed by atoms with Crippen LogP contribution < -0.4 is 15.4 Å². The van der Waals surface area contributed by atoms with E-state index in [2.05, 4.69) is 20.7 Å². The molecular weight excluding hydrogens is 378 g/mol. The Balaban J connectivity index is 1.38. The van der Waals surface area contributed by atoms with Crippen LogP contribution in [0.3, 0.4) is 0 Å². The molecule has 0 radical (unpaired) electrons. The molecule has 0 aliphatic carbocycles. The highest BCUT2D eigenvalue weighted by Crippen LogP contribution is 2.27. The summed E-state index contributed by atoms with van der Waals surface area (Å²) in [6.45, 7) is 1.97. The van der Waals surface area contributed by atoms with E-state index in [4.69, 9.17) is 16.3 Å². The molecule has 1 saturated heterocycles. The van der Waals surface area contributed by atoms with Crippen LogP contribution in [0, 0.1) is 0 Å². The molecule has 2 N–H and O–H groups in total. The molecule has 0 unspecified atom stereocenters. The lowest BCUT2D eigenvalue weighted by atomic mass is 10.1. The predicted molar refractivity (Wildman–Crippen MR) is 107 cm³/mol. The van der Waals surface area contributed by atoms with Crippen molar-refractivity contribution in [3.05, 3.63) is 65.6 Å². The Labute approximate surface area is 167 Å². The van der Waals surface area contributed by atoms with Gasteiger partial charge in [-0.2, -0.15) is 5.10 Å². The molecule has 3 heterocycles. The standard InChI is InChI=1S/C20H20ClN5O2/c21-17-3-1-2-4-18(17)28-19-6-5-14(11-23-19)20(27)25-15-12-24-26(13-15)16-7-9-22-10-8-16/h1-6,11-13,16,22H,7-10H2,(H,25,27). The van der Waals surface area contributed by atoms with Crippen LogP contribution >= 0.6 is 11.6 Å². The van der Waals surface area contributed by atoms with Gasteiger partial charge in [-0.1, -0.05) is 23.7 Å². The number of rotatable bonds is 5. The summed E-state index contributed by atoms with van der Waals surface area (Å²) >= 11 is 6.08. The van der Waals surface area contributed by atoms with E-state index in [-0.39, 0.29) is 5.91 Å². The van der Waals surface area contributed by atoms with Crippen LogP contribution in [0.4, 0.5) is 5.69 Å². The molecule has 7 nitrogen and oxygen atoms in total. The summed E-state index contributed by atoms with van der Waals surface area (Å²) in [5.74, 6) is 0.629. The first-order valence-electron chi connectivity index (χ1n) is 9.14. The molecule has 1 aromatic carbocycles. The van der Waals surface area contributed by atoms with Gasteiger partial charge in [0.05, 0.1) is 28.5 Å². The first-order valence-corrected chi connectivity index (χ1v) is 9.51. The highest BCUT2D eigenvalue weighted by atomic mass is 35.5. The number of benzene rings is 1. The monoisotopic (exact) mass is 397 g/mol. The Morgan fingerprint density at radius 2 is 2.00 bits per heavy atom. The van der Waals surface area contributed by atoms with Crippen LogP contribution in [-0.4, -0.2) is 33.8 Å². The summed E-state index contributed by atoms with van der Waals surface area (Å²) in [6.07, 6.45) is 7.08. The fraction of sp³-hybridized carbons (Fsp3) is 0.250. The van der Waals surface area contributed by atoms with E-state index in [0.29, 0.717) is 33.9 Å². The molecule has 2 aromatic heterocycles. The number of carbonyl (C=O) groups excluding carboxylic acids is 1. The first kappa shape index (κ1) is 18.5. The van der Waals surface area contributed by atoms with Gasteiger partial charge in [0.1, 0.15) is 5.75 Å². The van der Waals surface area contributed by atoms with Gasteiger partial charge in [-0.25, -0.2) is 4.98 Å². The number of hydrogen-bond acceptors (Lipinski definition) is 5. The number of carbonyl (C=O) groups is 1. The number of anilines is 1. The first-order chi connectivity index (χ1) is 13.7. The van der Waals surface area contributed by atoms with Crippen molar-refractivity contribution < 1.29 is 9.53 Å². The van der Waals surface area contributed by atoms with Crippen LogP contribution in [0.25, 0.3) is 0 Å². The molecule has 1 amide bonds. The van der Waals surface area contributed by atoms with Gasteiger partial charge < -0.3 is 15.4 Å². The van der Waals surface area contributed by atoms with Gasteiger partial charge in [0, 0.05) is 18.5 Å². The van der Waals surface area contributed by atoms with Crippen molar-refractivity contribution in [1.29, 1.82) is 0 Å². The molecule has 0 atom stereocenters. The van der Waals surface area contributed by atoms with Gasteiger partial charge in [0.15, 0.2) is 0 Å². The Morgan fingerprint density at radius 3 is 2.75 bits per heavy atom. The molecule has 28 heavy (non-hydrogen) atoms. The minimum atomic E-state index is -0.248. The van der Waals surface area contributed by atoms with E-state index in [1.165, 1.54) is 6.20 Å². The number of piperidine rings is 1. The third kappa shape index (κ3) is 4.32. The number of amides is 1. The van der Waals surface area contributed by atoms with E-state index in [9.17, 15) is 4.79 Å². The van der Waals surface area contributed by atoms with Crippen LogP contribution in [0.15, 0.2) is 55.0 Å². The third-order valence-corrected chi connectivity index (χ3v) is 4.90. The highest BCUT2D eigenvalue weighted by Gasteiger charge is 2.16. The second-order valence-corrected chi connectivity index (χ2v) is 6.97. The minimum absolute atomic E-state index is 0.248.